The summed E-state index contributed by atoms with van der Waals surface area (Å²) >= 11 is 12.3. The van der Waals surface area contributed by atoms with Crippen LogP contribution in [0.25, 0.3) is 10.9 Å². The molecule has 0 saturated carbocycles. The largest absolute Gasteiger partial charge is 0.388 e. The molecule has 2 nitrogen and oxygen atoms in total. The standard InChI is InChI=1S/C14H16Cl2N2/c1-8(2)4-10-7-13(17-3)11-5-9(15)6-12(16)14(11)18-10/h5-8H,4H2,1-3H3,(H,17,18). The van der Waals surface area contributed by atoms with Gasteiger partial charge in [-0.15, -0.1) is 0 Å². The molecule has 1 aromatic heterocycles. The monoisotopic (exact) mass is 282 g/mol. The molecular weight excluding hydrogens is 267 g/mol. The van der Waals surface area contributed by atoms with Crippen LogP contribution in [-0.4, -0.2) is 12.0 Å². The van der Waals surface area contributed by atoms with Crippen molar-refractivity contribution < 1.29 is 0 Å². The molecule has 0 bridgehead atoms. The number of pyridine rings is 1. The van der Waals surface area contributed by atoms with Crippen LogP contribution in [-0.2, 0) is 6.42 Å². The minimum Gasteiger partial charge on any atom is -0.388 e. The summed E-state index contributed by atoms with van der Waals surface area (Å²) in [5.74, 6) is 0.561. The summed E-state index contributed by atoms with van der Waals surface area (Å²) in [7, 11) is 1.89. The normalized spacial score (nSPS) is 11.2. The molecule has 0 amide bonds. The molecule has 0 fully saturated rings. The van der Waals surface area contributed by atoms with Crippen LogP contribution < -0.4 is 5.32 Å². The second-order valence-electron chi connectivity index (χ2n) is 4.79. The molecule has 0 aliphatic carbocycles. The van der Waals surface area contributed by atoms with Crippen LogP contribution in [0.1, 0.15) is 19.5 Å². The van der Waals surface area contributed by atoms with Gasteiger partial charge in [0.1, 0.15) is 0 Å². The maximum Gasteiger partial charge on any atom is 0.0913 e. The van der Waals surface area contributed by atoms with E-state index in [1.807, 2.05) is 13.1 Å². The van der Waals surface area contributed by atoms with E-state index in [0.29, 0.717) is 16.0 Å². The van der Waals surface area contributed by atoms with Crippen molar-refractivity contribution in [2.75, 3.05) is 12.4 Å². The lowest BCUT2D eigenvalue weighted by Crippen LogP contribution is -2.01. The highest BCUT2D eigenvalue weighted by Crippen LogP contribution is 2.32. The molecule has 0 unspecified atom stereocenters. The molecule has 96 valence electrons. The van der Waals surface area contributed by atoms with Gasteiger partial charge in [0, 0.05) is 28.8 Å². The molecule has 0 atom stereocenters. The SMILES string of the molecule is CNc1cc(CC(C)C)nc2c(Cl)cc(Cl)cc12. The van der Waals surface area contributed by atoms with Gasteiger partial charge in [-0.3, -0.25) is 4.98 Å². The first-order valence-electron chi connectivity index (χ1n) is 5.97. The summed E-state index contributed by atoms with van der Waals surface area (Å²) in [6.07, 6.45) is 0.934. The summed E-state index contributed by atoms with van der Waals surface area (Å²) < 4.78 is 0. The highest BCUT2D eigenvalue weighted by atomic mass is 35.5. The smallest absolute Gasteiger partial charge is 0.0913 e. The van der Waals surface area contributed by atoms with E-state index >= 15 is 0 Å². The van der Waals surface area contributed by atoms with Crippen LogP contribution in [0.2, 0.25) is 10.0 Å². The third-order valence-corrected chi connectivity index (χ3v) is 3.28. The van der Waals surface area contributed by atoms with E-state index in [9.17, 15) is 0 Å². The predicted octanol–water partition coefficient (Wildman–Crippen LogP) is 4.78. The van der Waals surface area contributed by atoms with Gasteiger partial charge in [-0.2, -0.15) is 0 Å². The van der Waals surface area contributed by atoms with E-state index in [1.54, 1.807) is 6.07 Å². The average molecular weight is 283 g/mol. The number of halogens is 2. The van der Waals surface area contributed by atoms with Gasteiger partial charge in [0.2, 0.25) is 0 Å². The second kappa shape index (κ2) is 5.33. The average Bonchev–Trinajstić information content (AvgIpc) is 2.28. The van der Waals surface area contributed by atoms with Crippen molar-refractivity contribution in [2.24, 2.45) is 5.92 Å². The molecule has 18 heavy (non-hydrogen) atoms. The van der Waals surface area contributed by atoms with Gasteiger partial charge in [-0.25, -0.2) is 0 Å². The number of rotatable bonds is 3. The third-order valence-electron chi connectivity index (χ3n) is 2.77. The molecule has 1 aromatic carbocycles. The lowest BCUT2D eigenvalue weighted by Gasteiger charge is -2.12. The van der Waals surface area contributed by atoms with Gasteiger partial charge >= 0.3 is 0 Å². The van der Waals surface area contributed by atoms with Gasteiger partial charge in [-0.05, 0) is 30.5 Å². The number of aromatic nitrogens is 1. The number of hydrogen-bond donors (Lipinski definition) is 1. The maximum atomic E-state index is 6.23. The fraction of sp³-hybridized carbons (Fsp3) is 0.357. The molecular formula is C14H16Cl2N2. The summed E-state index contributed by atoms with van der Waals surface area (Å²) in [6, 6.07) is 5.69. The summed E-state index contributed by atoms with van der Waals surface area (Å²) in [5, 5.41) is 5.37. The van der Waals surface area contributed by atoms with Gasteiger partial charge in [-0.1, -0.05) is 37.0 Å². The minimum atomic E-state index is 0.561. The van der Waals surface area contributed by atoms with Crippen LogP contribution >= 0.6 is 23.2 Å². The Bertz CT molecular complexity index is 580. The van der Waals surface area contributed by atoms with Crippen LogP contribution in [0.3, 0.4) is 0 Å². The van der Waals surface area contributed by atoms with Crippen molar-refractivity contribution in [3.8, 4) is 0 Å². The van der Waals surface area contributed by atoms with Crippen molar-refractivity contribution in [3.05, 3.63) is 33.9 Å². The van der Waals surface area contributed by atoms with Crippen LogP contribution in [0.15, 0.2) is 18.2 Å². The Morgan fingerprint density at radius 2 is 1.94 bits per heavy atom. The molecule has 4 heteroatoms. The molecule has 1 N–H and O–H groups in total. The Hall–Kier alpha value is -0.990. The molecule has 2 rings (SSSR count). The fourth-order valence-corrected chi connectivity index (χ4v) is 2.57. The minimum absolute atomic E-state index is 0.561. The second-order valence-corrected chi connectivity index (χ2v) is 5.64. The molecule has 0 aliphatic rings. The van der Waals surface area contributed by atoms with Gasteiger partial charge in [0.15, 0.2) is 0 Å². The number of fused-ring (bicyclic) bond motifs is 1. The van der Waals surface area contributed by atoms with Crippen molar-refractivity contribution >= 4 is 39.8 Å². The quantitative estimate of drug-likeness (QED) is 0.876. The summed E-state index contributed by atoms with van der Waals surface area (Å²) in [5.41, 5.74) is 2.87. The number of anilines is 1. The van der Waals surface area contributed by atoms with Gasteiger partial charge < -0.3 is 5.32 Å². The summed E-state index contributed by atoms with van der Waals surface area (Å²) in [4.78, 5) is 4.63. The van der Waals surface area contributed by atoms with Crippen molar-refractivity contribution in [3.63, 3.8) is 0 Å². The van der Waals surface area contributed by atoms with Crippen molar-refractivity contribution in [1.29, 1.82) is 0 Å². The highest BCUT2D eigenvalue weighted by Gasteiger charge is 2.10. The molecule has 0 aliphatic heterocycles. The first kappa shape index (κ1) is 13.4. The van der Waals surface area contributed by atoms with E-state index < -0.39 is 0 Å². The number of hydrogen-bond acceptors (Lipinski definition) is 2. The van der Waals surface area contributed by atoms with Crippen molar-refractivity contribution in [1.82, 2.24) is 4.98 Å². The van der Waals surface area contributed by atoms with Crippen molar-refractivity contribution in [2.45, 2.75) is 20.3 Å². The predicted molar refractivity (Wildman–Crippen MR) is 79.9 cm³/mol. The van der Waals surface area contributed by atoms with Crippen LogP contribution in [0.4, 0.5) is 5.69 Å². The van der Waals surface area contributed by atoms with Gasteiger partial charge in [0.05, 0.1) is 10.5 Å². The Morgan fingerprint density at radius 3 is 2.56 bits per heavy atom. The first-order chi connectivity index (χ1) is 8.51. The Balaban J connectivity index is 2.67. The number of nitrogens with one attached hydrogen (secondary N) is 1. The molecule has 2 aromatic rings. The molecule has 0 saturated heterocycles. The fourth-order valence-electron chi connectivity index (χ4n) is 2.03. The lowest BCUT2D eigenvalue weighted by molar-refractivity contribution is 0.637. The first-order valence-corrected chi connectivity index (χ1v) is 6.73. The molecule has 0 spiro atoms. The zero-order valence-corrected chi connectivity index (χ0v) is 12.2. The maximum absolute atomic E-state index is 6.23. The van der Waals surface area contributed by atoms with Crippen LogP contribution in [0, 0.1) is 5.92 Å². The van der Waals surface area contributed by atoms with E-state index in [-0.39, 0.29) is 0 Å². The van der Waals surface area contributed by atoms with Crippen LogP contribution in [0.5, 0.6) is 0 Å². The Kier molecular flexibility index (Phi) is 3.98. The number of nitrogens with zero attached hydrogens (tertiary/aromatic N) is 1. The Labute approximate surface area is 117 Å². The van der Waals surface area contributed by atoms with E-state index in [0.717, 1.165) is 28.7 Å². The molecule has 0 radical (unpaired) electrons. The summed E-state index contributed by atoms with van der Waals surface area (Å²) in [6.45, 7) is 4.35. The Morgan fingerprint density at radius 1 is 1.22 bits per heavy atom. The zero-order chi connectivity index (χ0) is 13.3. The van der Waals surface area contributed by atoms with E-state index in [4.69, 9.17) is 23.2 Å². The van der Waals surface area contributed by atoms with E-state index in [2.05, 4.69) is 30.2 Å². The topological polar surface area (TPSA) is 24.9 Å². The van der Waals surface area contributed by atoms with Gasteiger partial charge in [0.25, 0.3) is 0 Å². The lowest BCUT2D eigenvalue weighted by atomic mass is 10.1. The zero-order valence-electron chi connectivity index (χ0n) is 10.7. The van der Waals surface area contributed by atoms with E-state index in [1.165, 1.54) is 0 Å². The highest BCUT2D eigenvalue weighted by molar-refractivity contribution is 6.38. The number of benzene rings is 1. The third kappa shape index (κ3) is 2.70. The molecule has 1 heterocycles.